The number of carbonyl (C=O) groups excluding carboxylic acids is 1. The predicted octanol–water partition coefficient (Wildman–Crippen LogP) is 1.18. The van der Waals surface area contributed by atoms with Crippen LogP contribution in [0.2, 0.25) is 0 Å². The molecule has 1 amide bonds. The van der Waals surface area contributed by atoms with Crippen LogP contribution < -0.4 is 15.8 Å². The molecule has 0 unspecified atom stereocenters. The molecule has 1 saturated carbocycles. The van der Waals surface area contributed by atoms with E-state index in [1.807, 2.05) is 0 Å². The lowest BCUT2D eigenvalue weighted by Gasteiger charge is -2.15. The first kappa shape index (κ1) is 20.8. The van der Waals surface area contributed by atoms with Gasteiger partial charge in [0.05, 0.1) is 18.0 Å². The van der Waals surface area contributed by atoms with Crippen LogP contribution in [-0.4, -0.2) is 39.4 Å². The second kappa shape index (κ2) is 7.73. The van der Waals surface area contributed by atoms with E-state index in [0.717, 1.165) is 12.8 Å². The highest BCUT2D eigenvalue weighted by atomic mass is 35.5. The van der Waals surface area contributed by atoms with E-state index in [1.54, 1.807) is 6.92 Å². The van der Waals surface area contributed by atoms with Crippen LogP contribution in [0.5, 0.6) is 0 Å². The Morgan fingerprint density at radius 3 is 2.54 bits per heavy atom. The highest BCUT2D eigenvalue weighted by Gasteiger charge is 2.30. The Kier molecular flexibility index (Phi) is 6.68. The van der Waals surface area contributed by atoms with Gasteiger partial charge in [-0.25, -0.2) is 21.9 Å². The monoisotopic (exact) mass is 383 g/mol. The zero-order valence-corrected chi connectivity index (χ0v) is 14.6. The number of alkyl halides is 2. The summed E-state index contributed by atoms with van der Waals surface area (Å²) in [5.74, 6) is -3.97. The molecule has 0 radical (unpaired) electrons. The van der Waals surface area contributed by atoms with Crippen LogP contribution in [0.1, 0.15) is 28.8 Å². The van der Waals surface area contributed by atoms with Crippen molar-refractivity contribution in [2.45, 2.75) is 36.6 Å². The normalized spacial score (nSPS) is 14.8. The van der Waals surface area contributed by atoms with E-state index in [0.29, 0.717) is 5.56 Å². The van der Waals surface area contributed by atoms with Crippen LogP contribution in [0.3, 0.4) is 0 Å². The topological polar surface area (TPSA) is 101 Å². The van der Waals surface area contributed by atoms with E-state index in [4.69, 9.17) is 5.73 Å². The Bertz CT molecular complexity index is 709. The van der Waals surface area contributed by atoms with Crippen molar-refractivity contribution in [2.75, 3.05) is 13.1 Å². The third-order valence-electron chi connectivity index (χ3n) is 3.47. The molecule has 2 rings (SSSR count). The fourth-order valence-corrected chi connectivity index (χ4v) is 3.21. The van der Waals surface area contributed by atoms with Crippen molar-refractivity contribution in [2.24, 2.45) is 5.73 Å². The van der Waals surface area contributed by atoms with E-state index in [1.165, 1.54) is 18.2 Å². The smallest absolute Gasteiger partial charge is 0.277 e. The lowest BCUT2D eigenvalue weighted by molar-refractivity contribution is 0.0118. The Balaban J connectivity index is 0.00000288. The van der Waals surface area contributed by atoms with E-state index < -0.39 is 34.9 Å². The van der Waals surface area contributed by atoms with Crippen molar-refractivity contribution >= 4 is 28.3 Å². The van der Waals surface area contributed by atoms with Crippen molar-refractivity contribution in [3.05, 3.63) is 29.3 Å². The molecule has 0 aromatic heterocycles. The predicted molar refractivity (Wildman–Crippen MR) is 88.1 cm³/mol. The second-order valence-corrected chi connectivity index (χ2v) is 7.33. The molecule has 1 fully saturated rings. The summed E-state index contributed by atoms with van der Waals surface area (Å²) < 4.78 is 53.0. The third kappa shape index (κ3) is 5.37. The number of carbonyl (C=O) groups is 1. The van der Waals surface area contributed by atoms with Gasteiger partial charge in [-0.3, -0.25) is 4.79 Å². The van der Waals surface area contributed by atoms with Gasteiger partial charge in [0.1, 0.15) is 0 Å². The van der Waals surface area contributed by atoms with Crippen molar-refractivity contribution in [1.82, 2.24) is 10.0 Å². The molecule has 6 nitrogen and oxygen atoms in total. The summed E-state index contributed by atoms with van der Waals surface area (Å²) in [6, 6.07) is 3.97. The average molecular weight is 384 g/mol. The van der Waals surface area contributed by atoms with E-state index in [-0.39, 0.29) is 28.9 Å². The molecule has 0 aliphatic heterocycles. The first-order valence-corrected chi connectivity index (χ1v) is 8.62. The van der Waals surface area contributed by atoms with E-state index in [2.05, 4.69) is 10.0 Å². The fourth-order valence-electron chi connectivity index (χ4n) is 1.88. The van der Waals surface area contributed by atoms with Crippen molar-refractivity contribution in [3.8, 4) is 0 Å². The van der Waals surface area contributed by atoms with Gasteiger partial charge in [0.15, 0.2) is 0 Å². The third-order valence-corrected chi connectivity index (χ3v) is 4.99. The number of halogens is 3. The minimum atomic E-state index is -3.72. The van der Waals surface area contributed by atoms with Gasteiger partial charge in [0.2, 0.25) is 10.0 Å². The second-order valence-electron chi connectivity index (χ2n) is 5.62. The SMILES string of the molecule is Cc1ccc(S(=O)(=O)NC2CC2)cc1C(=O)NCC(F)(F)CN.Cl. The minimum Gasteiger partial charge on any atom is -0.346 e. The van der Waals surface area contributed by atoms with Gasteiger partial charge in [-0.05, 0) is 37.5 Å². The van der Waals surface area contributed by atoms with Crippen LogP contribution in [0.15, 0.2) is 23.1 Å². The van der Waals surface area contributed by atoms with Gasteiger partial charge in [-0.15, -0.1) is 12.4 Å². The first-order chi connectivity index (χ1) is 10.6. The molecule has 10 heteroatoms. The van der Waals surface area contributed by atoms with Crippen LogP contribution in [0.25, 0.3) is 0 Å². The lowest BCUT2D eigenvalue weighted by Crippen LogP contribution is -2.41. The molecule has 136 valence electrons. The zero-order valence-electron chi connectivity index (χ0n) is 13.0. The maximum atomic E-state index is 13.1. The summed E-state index contributed by atoms with van der Waals surface area (Å²) >= 11 is 0. The fraction of sp³-hybridized carbons (Fsp3) is 0.500. The number of benzene rings is 1. The summed E-state index contributed by atoms with van der Waals surface area (Å²) in [5, 5.41) is 2.08. The van der Waals surface area contributed by atoms with Gasteiger partial charge in [0, 0.05) is 11.6 Å². The number of nitrogens with one attached hydrogen (secondary N) is 2. The molecule has 4 N–H and O–H groups in total. The van der Waals surface area contributed by atoms with Gasteiger partial charge < -0.3 is 11.1 Å². The molecular weight excluding hydrogens is 364 g/mol. The molecule has 1 aliphatic rings. The maximum Gasteiger partial charge on any atom is 0.277 e. The molecular formula is C14H20ClF2N3O3S. The Hall–Kier alpha value is -1.29. The lowest BCUT2D eigenvalue weighted by atomic mass is 10.1. The quantitative estimate of drug-likeness (QED) is 0.658. The molecule has 1 aliphatic carbocycles. The number of rotatable bonds is 7. The van der Waals surface area contributed by atoms with Gasteiger partial charge in [-0.1, -0.05) is 6.07 Å². The van der Waals surface area contributed by atoms with Crippen LogP contribution in [0.4, 0.5) is 8.78 Å². The molecule has 24 heavy (non-hydrogen) atoms. The molecule has 0 saturated heterocycles. The number of sulfonamides is 1. The minimum absolute atomic E-state index is 0. The van der Waals surface area contributed by atoms with Crippen molar-refractivity contribution < 1.29 is 22.0 Å². The summed E-state index contributed by atoms with van der Waals surface area (Å²) in [4.78, 5) is 12.0. The number of hydrogen-bond acceptors (Lipinski definition) is 4. The van der Waals surface area contributed by atoms with E-state index in [9.17, 15) is 22.0 Å². The number of amides is 1. The van der Waals surface area contributed by atoms with Gasteiger partial charge in [0.25, 0.3) is 11.8 Å². The molecule has 0 heterocycles. The highest BCUT2D eigenvalue weighted by Crippen LogP contribution is 2.23. The van der Waals surface area contributed by atoms with Gasteiger partial charge >= 0.3 is 0 Å². The van der Waals surface area contributed by atoms with Crippen LogP contribution in [0, 0.1) is 6.92 Å². The Morgan fingerprint density at radius 2 is 2.00 bits per heavy atom. The average Bonchev–Trinajstić information content (AvgIpc) is 3.28. The van der Waals surface area contributed by atoms with Crippen LogP contribution in [-0.2, 0) is 10.0 Å². The number of aryl methyl sites for hydroxylation is 1. The van der Waals surface area contributed by atoms with E-state index >= 15 is 0 Å². The number of hydrogen-bond donors (Lipinski definition) is 3. The molecule has 0 spiro atoms. The molecule has 0 bridgehead atoms. The summed E-state index contributed by atoms with van der Waals surface area (Å²) in [5.41, 5.74) is 5.43. The largest absolute Gasteiger partial charge is 0.346 e. The Morgan fingerprint density at radius 1 is 1.38 bits per heavy atom. The Labute approximate surface area is 145 Å². The van der Waals surface area contributed by atoms with Crippen LogP contribution >= 0.6 is 12.4 Å². The molecule has 0 atom stereocenters. The number of nitrogens with two attached hydrogens (primary N) is 1. The summed E-state index contributed by atoms with van der Waals surface area (Å²) in [7, 11) is -3.72. The standard InChI is InChI=1S/C14H19F2N3O3S.ClH/c1-9-2-5-11(23(21,22)19-10-3-4-10)6-12(9)13(20)18-8-14(15,16)7-17;/h2,5-6,10,19H,3-4,7-8,17H2,1H3,(H,18,20);1H. The maximum absolute atomic E-state index is 13.1. The van der Waals surface area contributed by atoms with Crippen molar-refractivity contribution in [3.63, 3.8) is 0 Å². The summed E-state index contributed by atoms with van der Waals surface area (Å²) in [6.45, 7) is -0.189. The zero-order chi connectivity index (χ0) is 17.3. The van der Waals surface area contributed by atoms with Crippen molar-refractivity contribution in [1.29, 1.82) is 0 Å². The summed E-state index contributed by atoms with van der Waals surface area (Å²) in [6.07, 6.45) is 1.57. The first-order valence-electron chi connectivity index (χ1n) is 7.14. The molecule has 1 aromatic carbocycles. The molecule has 1 aromatic rings. The van der Waals surface area contributed by atoms with Gasteiger partial charge in [-0.2, -0.15) is 0 Å². The highest BCUT2D eigenvalue weighted by molar-refractivity contribution is 7.89.